The molecule has 0 atom stereocenters. The van der Waals surface area contributed by atoms with Crippen LogP contribution in [0, 0.1) is 0 Å². The maximum atomic E-state index is 6.32. The van der Waals surface area contributed by atoms with Crippen LogP contribution >= 0.6 is 11.6 Å². The second-order valence-corrected chi connectivity index (χ2v) is 5.55. The van der Waals surface area contributed by atoms with E-state index in [2.05, 4.69) is 33.1 Å². The molecule has 0 bridgehead atoms. The Morgan fingerprint density at radius 3 is 2.95 bits per heavy atom. The van der Waals surface area contributed by atoms with E-state index in [1.165, 1.54) is 11.3 Å². The molecule has 3 aromatic rings. The SMILES string of the molecule is Clc1ccccc1-c1cncn1-c1ccc2c(c1)CCN2. The number of nitrogens with one attached hydrogen (secondary N) is 1. The summed E-state index contributed by atoms with van der Waals surface area (Å²) in [7, 11) is 0. The number of imidazole rings is 1. The summed E-state index contributed by atoms with van der Waals surface area (Å²) in [5.74, 6) is 0. The van der Waals surface area contributed by atoms with E-state index >= 15 is 0 Å². The quantitative estimate of drug-likeness (QED) is 0.769. The first kappa shape index (κ1) is 12.5. The minimum atomic E-state index is 0.738. The van der Waals surface area contributed by atoms with Gasteiger partial charge in [0, 0.05) is 28.5 Å². The molecular weight excluding hydrogens is 282 g/mol. The van der Waals surface area contributed by atoms with E-state index in [1.807, 2.05) is 36.8 Å². The van der Waals surface area contributed by atoms with Crippen molar-refractivity contribution in [1.82, 2.24) is 9.55 Å². The fourth-order valence-corrected chi connectivity index (χ4v) is 3.04. The summed E-state index contributed by atoms with van der Waals surface area (Å²) in [6, 6.07) is 14.3. The molecule has 0 spiro atoms. The van der Waals surface area contributed by atoms with Gasteiger partial charge in [0.15, 0.2) is 0 Å². The van der Waals surface area contributed by atoms with Crippen LogP contribution in [0.2, 0.25) is 5.02 Å². The molecular formula is C17H14ClN3. The number of hydrogen-bond donors (Lipinski definition) is 1. The van der Waals surface area contributed by atoms with Gasteiger partial charge in [-0.2, -0.15) is 0 Å². The van der Waals surface area contributed by atoms with Crippen LogP contribution in [0.4, 0.5) is 5.69 Å². The molecule has 1 N–H and O–H groups in total. The van der Waals surface area contributed by atoms with Gasteiger partial charge in [-0.3, -0.25) is 4.57 Å². The Morgan fingerprint density at radius 1 is 1.14 bits per heavy atom. The van der Waals surface area contributed by atoms with Gasteiger partial charge in [0.1, 0.15) is 0 Å². The van der Waals surface area contributed by atoms with Crippen molar-refractivity contribution in [3.8, 4) is 16.9 Å². The highest BCUT2D eigenvalue weighted by molar-refractivity contribution is 6.33. The van der Waals surface area contributed by atoms with Crippen LogP contribution < -0.4 is 5.32 Å². The van der Waals surface area contributed by atoms with Crippen LogP contribution in [0.3, 0.4) is 0 Å². The molecule has 1 aromatic heterocycles. The maximum Gasteiger partial charge on any atom is 0.0997 e. The topological polar surface area (TPSA) is 29.9 Å². The van der Waals surface area contributed by atoms with E-state index in [4.69, 9.17) is 11.6 Å². The number of benzene rings is 2. The van der Waals surface area contributed by atoms with Crippen molar-refractivity contribution in [2.24, 2.45) is 0 Å². The predicted molar refractivity (Wildman–Crippen MR) is 86.2 cm³/mol. The smallest absolute Gasteiger partial charge is 0.0997 e. The Morgan fingerprint density at radius 2 is 2.05 bits per heavy atom. The summed E-state index contributed by atoms with van der Waals surface area (Å²) >= 11 is 6.32. The van der Waals surface area contributed by atoms with Crippen molar-refractivity contribution < 1.29 is 0 Å². The molecule has 3 nitrogen and oxygen atoms in total. The van der Waals surface area contributed by atoms with E-state index in [-0.39, 0.29) is 0 Å². The third-order valence-electron chi connectivity index (χ3n) is 3.87. The van der Waals surface area contributed by atoms with Gasteiger partial charge in [-0.1, -0.05) is 29.8 Å². The van der Waals surface area contributed by atoms with E-state index in [0.29, 0.717) is 0 Å². The Bertz CT molecular complexity index is 807. The van der Waals surface area contributed by atoms with Crippen LogP contribution in [0.5, 0.6) is 0 Å². The first-order valence-electron chi connectivity index (χ1n) is 6.97. The Kier molecular flexibility index (Phi) is 2.93. The maximum absolute atomic E-state index is 6.32. The third kappa shape index (κ3) is 2.10. The summed E-state index contributed by atoms with van der Waals surface area (Å²) in [4.78, 5) is 4.30. The van der Waals surface area contributed by atoms with Gasteiger partial charge in [0.2, 0.25) is 0 Å². The Balaban J connectivity index is 1.84. The van der Waals surface area contributed by atoms with Crippen LogP contribution in [-0.4, -0.2) is 16.1 Å². The number of nitrogens with zero attached hydrogens (tertiary/aromatic N) is 2. The fraction of sp³-hybridized carbons (Fsp3) is 0.118. The Labute approximate surface area is 128 Å². The summed E-state index contributed by atoms with van der Waals surface area (Å²) in [5, 5.41) is 4.12. The average Bonchev–Trinajstić information content (AvgIpc) is 3.15. The van der Waals surface area contributed by atoms with Gasteiger partial charge < -0.3 is 5.32 Å². The molecule has 0 radical (unpaired) electrons. The fourth-order valence-electron chi connectivity index (χ4n) is 2.81. The number of halogens is 1. The molecule has 0 aliphatic carbocycles. The molecule has 2 aromatic carbocycles. The van der Waals surface area contributed by atoms with Gasteiger partial charge in [0.25, 0.3) is 0 Å². The first-order valence-corrected chi connectivity index (χ1v) is 7.35. The number of aromatic nitrogens is 2. The van der Waals surface area contributed by atoms with Gasteiger partial charge in [-0.25, -0.2) is 4.98 Å². The predicted octanol–water partition coefficient (Wildman–Crippen LogP) is 4.16. The molecule has 104 valence electrons. The third-order valence-corrected chi connectivity index (χ3v) is 4.19. The molecule has 0 saturated carbocycles. The van der Waals surface area contributed by atoms with Crippen molar-refractivity contribution in [1.29, 1.82) is 0 Å². The van der Waals surface area contributed by atoms with E-state index < -0.39 is 0 Å². The van der Waals surface area contributed by atoms with E-state index in [1.54, 1.807) is 0 Å². The molecule has 2 heterocycles. The van der Waals surface area contributed by atoms with Crippen LogP contribution in [0.15, 0.2) is 55.0 Å². The van der Waals surface area contributed by atoms with Crippen molar-refractivity contribution in [2.45, 2.75) is 6.42 Å². The zero-order valence-electron chi connectivity index (χ0n) is 11.4. The number of hydrogen-bond acceptors (Lipinski definition) is 2. The van der Waals surface area contributed by atoms with Gasteiger partial charge in [-0.15, -0.1) is 0 Å². The van der Waals surface area contributed by atoms with Crippen LogP contribution in [-0.2, 0) is 6.42 Å². The van der Waals surface area contributed by atoms with Crippen molar-refractivity contribution in [3.05, 3.63) is 65.6 Å². The molecule has 0 saturated heterocycles. The lowest BCUT2D eigenvalue weighted by Gasteiger charge is -2.11. The molecule has 4 rings (SSSR count). The average molecular weight is 296 g/mol. The zero-order chi connectivity index (χ0) is 14.2. The summed E-state index contributed by atoms with van der Waals surface area (Å²) < 4.78 is 2.08. The summed E-state index contributed by atoms with van der Waals surface area (Å²) in [5.41, 5.74) is 5.70. The minimum absolute atomic E-state index is 0.738. The second-order valence-electron chi connectivity index (χ2n) is 5.15. The van der Waals surface area contributed by atoms with Gasteiger partial charge in [-0.05, 0) is 36.2 Å². The normalized spacial score (nSPS) is 13.0. The number of fused-ring (bicyclic) bond motifs is 1. The number of rotatable bonds is 2. The van der Waals surface area contributed by atoms with Crippen LogP contribution in [0.25, 0.3) is 16.9 Å². The highest BCUT2D eigenvalue weighted by atomic mass is 35.5. The highest BCUT2D eigenvalue weighted by Gasteiger charge is 2.13. The van der Waals surface area contributed by atoms with Crippen molar-refractivity contribution in [3.63, 3.8) is 0 Å². The van der Waals surface area contributed by atoms with E-state index in [0.717, 1.165) is 34.9 Å². The Hall–Kier alpha value is -2.26. The molecule has 0 amide bonds. The van der Waals surface area contributed by atoms with Gasteiger partial charge in [0.05, 0.1) is 18.2 Å². The lowest BCUT2D eigenvalue weighted by Crippen LogP contribution is -1.96. The monoisotopic (exact) mass is 295 g/mol. The van der Waals surface area contributed by atoms with Crippen molar-refractivity contribution in [2.75, 3.05) is 11.9 Å². The second kappa shape index (κ2) is 4.93. The lowest BCUT2D eigenvalue weighted by atomic mass is 10.1. The minimum Gasteiger partial charge on any atom is -0.384 e. The molecule has 0 fully saturated rings. The number of anilines is 1. The molecule has 1 aliphatic rings. The lowest BCUT2D eigenvalue weighted by molar-refractivity contribution is 1.05. The molecule has 4 heteroatoms. The molecule has 1 aliphatic heterocycles. The zero-order valence-corrected chi connectivity index (χ0v) is 12.1. The summed E-state index contributed by atoms with van der Waals surface area (Å²) in [6.07, 6.45) is 4.76. The largest absolute Gasteiger partial charge is 0.384 e. The van der Waals surface area contributed by atoms with Gasteiger partial charge >= 0.3 is 0 Å². The van der Waals surface area contributed by atoms with Crippen LogP contribution in [0.1, 0.15) is 5.56 Å². The summed E-state index contributed by atoms with van der Waals surface area (Å²) in [6.45, 7) is 1.01. The van der Waals surface area contributed by atoms with Crippen molar-refractivity contribution >= 4 is 17.3 Å². The first-order chi connectivity index (χ1) is 10.3. The highest BCUT2D eigenvalue weighted by Crippen LogP contribution is 2.31. The van der Waals surface area contributed by atoms with E-state index in [9.17, 15) is 0 Å². The standard InChI is InChI=1S/C17H14ClN3/c18-15-4-2-1-3-14(15)17-10-19-11-21(17)13-5-6-16-12(9-13)7-8-20-16/h1-6,9-11,20H,7-8H2. The molecule has 0 unspecified atom stereocenters. The molecule has 21 heavy (non-hydrogen) atoms.